The fourth-order valence-corrected chi connectivity index (χ4v) is 0.954. The van der Waals surface area contributed by atoms with Crippen molar-refractivity contribution in [3.8, 4) is 0 Å². The Morgan fingerprint density at radius 2 is 1.50 bits per heavy atom. The molecule has 0 radical (unpaired) electrons. The van der Waals surface area contributed by atoms with Crippen LogP contribution in [0.25, 0.3) is 0 Å². The lowest BCUT2D eigenvalue weighted by atomic mass is 10.1. The van der Waals surface area contributed by atoms with Crippen LogP contribution >= 0.6 is 0 Å². The van der Waals surface area contributed by atoms with Gasteiger partial charge in [-0.15, -0.1) is 0 Å². The van der Waals surface area contributed by atoms with Gasteiger partial charge in [-0.3, -0.25) is 0 Å². The van der Waals surface area contributed by atoms with Crippen LogP contribution in [0.4, 0.5) is 0 Å². The molecule has 0 aromatic carbocycles. The minimum atomic E-state index is -0.446. The lowest BCUT2D eigenvalue weighted by molar-refractivity contribution is -0.158. The molecule has 0 aromatic heterocycles. The van der Waals surface area contributed by atoms with Crippen molar-refractivity contribution < 1.29 is 14.3 Å². The molecule has 3 atom stereocenters. The van der Waals surface area contributed by atoms with E-state index in [1.54, 1.807) is 6.92 Å². The second-order valence-corrected chi connectivity index (χ2v) is 4.63. The first-order valence-electron chi connectivity index (χ1n) is 6.29. The Morgan fingerprint density at radius 3 is 2.00 bits per heavy atom. The summed E-state index contributed by atoms with van der Waals surface area (Å²) in [6, 6.07) is 0. The van der Waals surface area contributed by atoms with Crippen LogP contribution in [0.3, 0.4) is 0 Å². The monoisotopic (exact) mass is 230 g/mol. The average molecular weight is 230 g/mol. The predicted molar refractivity (Wildman–Crippen MR) is 65.3 cm³/mol. The maximum Gasteiger partial charge on any atom is 0.334 e. The van der Waals surface area contributed by atoms with Gasteiger partial charge in [-0.05, 0) is 18.8 Å². The van der Waals surface area contributed by atoms with Crippen LogP contribution in [0, 0.1) is 11.8 Å². The minimum Gasteiger partial charge on any atom is -0.463 e. The SMILES string of the molecule is CC[C@H](C)COC(=O)[C@H](C)OC[C@@H](C)CC. The number of hydrogen-bond donors (Lipinski definition) is 0. The van der Waals surface area contributed by atoms with E-state index in [1.807, 2.05) is 0 Å². The highest BCUT2D eigenvalue weighted by molar-refractivity contribution is 5.74. The Hall–Kier alpha value is -0.570. The second-order valence-electron chi connectivity index (χ2n) is 4.63. The highest BCUT2D eigenvalue weighted by atomic mass is 16.6. The Labute approximate surface area is 99.5 Å². The molecule has 0 aliphatic carbocycles. The van der Waals surface area contributed by atoms with Crippen molar-refractivity contribution in [1.29, 1.82) is 0 Å². The molecule has 3 heteroatoms. The molecule has 0 amide bonds. The van der Waals surface area contributed by atoms with Gasteiger partial charge in [0.05, 0.1) is 13.2 Å². The summed E-state index contributed by atoms with van der Waals surface area (Å²) in [5, 5.41) is 0. The van der Waals surface area contributed by atoms with Gasteiger partial charge in [0.15, 0.2) is 6.10 Å². The highest BCUT2D eigenvalue weighted by Gasteiger charge is 2.16. The van der Waals surface area contributed by atoms with E-state index in [1.165, 1.54) is 0 Å². The van der Waals surface area contributed by atoms with E-state index >= 15 is 0 Å². The fraction of sp³-hybridized carbons (Fsp3) is 0.923. The second kappa shape index (κ2) is 8.57. The van der Waals surface area contributed by atoms with Crippen LogP contribution in [0.5, 0.6) is 0 Å². The van der Waals surface area contributed by atoms with Gasteiger partial charge in [0.1, 0.15) is 0 Å². The van der Waals surface area contributed by atoms with E-state index < -0.39 is 6.10 Å². The van der Waals surface area contributed by atoms with Crippen LogP contribution in [0.1, 0.15) is 47.5 Å². The first-order valence-corrected chi connectivity index (χ1v) is 6.29. The van der Waals surface area contributed by atoms with Crippen molar-refractivity contribution in [2.45, 2.75) is 53.6 Å². The Kier molecular flexibility index (Phi) is 8.26. The predicted octanol–water partition coefficient (Wildman–Crippen LogP) is 3.03. The molecule has 3 nitrogen and oxygen atoms in total. The molecule has 0 unspecified atom stereocenters. The highest BCUT2D eigenvalue weighted by Crippen LogP contribution is 2.06. The maximum atomic E-state index is 11.5. The van der Waals surface area contributed by atoms with Crippen LogP contribution < -0.4 is 0 Å². The average Bonchev–Trinajstić information content (AvgIpc) is 2.31. The van der Waals surface area contributed by atoms with E-state index in [0.717, 1.165) is 12.8 Å². The molecule has 96 valence electrons. The van der Waals surface area contributed by atoms with Gasteiger partial charge < -0.3 is 9.47 Å². The molecule has 0 aromatic rings. The topological polar surface area (TPSA) is 35.5 Å². The van der Waals surface area contributed by atoms with Gasteiger partial charge in [-0.1, -0.05) is 40.5 Å². The number of esters is 1. The van der Waals surface area contributed by atoms with Gasteiger partial charge in [0, 0.05) is 0 Å². The summed E-state index contributed by atoms with van der Waals surface area (Å²) in [6.45, 7) is 11.2. The molecule has 0 saturated carbocycles. The molecular weight excluding hydrogens is 204 g/mol. The fourth-order valence-electron chi connectivity index (χ4n) is 0.954. The smallest absolute Gasteiger partial charge is 0.334 e. The van der Waals surface area contributed by atoms with Crippen molar-refractivity contribution in [3.05, 3.63) is 0 Å². The van der Waals surface area contributed by atoms with Crippen LogP contribution in [-0.2, 0) is 14.3 Å². The standard InChI is InChI=1S/C13H26O3/c1-6-10(3)8-15-12(5)13(14)16-9-11(4)7-2/h10-12H,6-9H2,1-5H3/t10-,11-,12-/m0/s1. The number of carbonyl (C=O) groups is 1. The first-order chi connectivity index (χ1) is 7.51. The summed E-state index contributed by atoms with van der Waals surface area (Å²) < 4.78 is 10.6. The number of rotatable bonds is 8. The lowest BCUT2D eigenvalue weighted by Gasteiger charge is -2.16. The molecule has 0 heterocycles. The lowest BCUT2D eigenvalue weighted by Crippen LogP contribution is -2.26. The molecule has 0 aliphatic heterocycles. The number of carbonyl (C=O) groups excluding carboxylic acids is 1. The normalized spacial score (nSPS) is 16.6. The van der Waals surface area contributed by atoms with E-state index in [-0.39, 0.29) is 5.97 Å². The minimum absolute atomic E-state index is 0.247. The molecule has 0 spiro atoms. The third kappa shape index (κ3) is 6.83. The van der Waals surface area contributed by atoms with E-state index in [2.05, 4.69) is 27.7 Å². The summed E-state index contributed by atoms with van der Waals surface area (Å²) in [5.41, 5.74) is 0. The third-order valence-corrected chi connectivity index (χ3v) is 2.87. The van der Waals surface area contributed by atoms with Crippen molar-refractivity contribution in [2.75, 3.05) is 13.2 Å². The quantitative estimate of drug-likeness (QED) is 0.601. The third-order valence-electron chi connectivity index (χ3n) is 2.87. The molecule has 0 bridgehead atoms. The van der Waals surface area contributed by atoms with Crippen molar-refractivity contribution in [2.24, 2.45) is 11.8 Å². The zero-order valence-electron chi connectivity index (χ0n) is 11.3. The number of ether oxygens (including phenoxy) is 2. The molecule has 0 fully saturated rings. The molecule has 16 heavy (non-hydrogen) atoms. The summed E-state index contributed by atoms with van der Waals surface area (Å²) in [5.74, 6) is 0.666. The summed E-state index contributed by atoms with van der Waals surface area (Å²) in [4.78, 5) is 11.5. The summed E-state index contributed by atoms with van der Waals surface area (Å²) in [7, 11) is 0. The van der Waals surface area contributed by atoms with Gasteiger partial charge in [-0.2, -0.15) is 0 Å². The maximum absolute atomic E-state index is 11.5. The van der Waals surface area contributed by atoms with Crippen LogP contribution in [-0.4, -0.2) is 25.3 Å². The van der Waals surface area contributed by atoms with E-state index in [4.69, 9.17) is 9.47 Å². The molecule has 0 rings (SSSR count). The van der Waals surface area contributed by atoms with Crippen molar-refractivity contribution in [1.82, 2.24) is 0 Å². The van der Waals surface area contributed by atoms with Crippen LogP contribution in [0.15, 0.2) is 0 Å². The first kappa shape index (κ1) is 15.4. The summed E-state index contributed by atoms with van der Waals surface area (Å²) in [6.07, 6.45) is 1.64. The van der Waals surface area contributed by atoms with Crippen molar-refractivity contribution >= 4 is 5.97 Å². The van der Waals surface area contributed by atoms with Gasteiger partial charge >= 0.3 is 5.97 Å². The largest absolute Gasteiger partial charge is 0.463 e. The van der Waals surface area contributed by atoms with Gasteiger partial charge in [0.25, 0.3) is 0 Å². The number of hydrogen-bond acceptors (Lipinski definition) is 3. The van der Waals surface area contributed by atoms with Crippen molar-refractivity contribution in [3.63, 3.8) is 0 Å². The van der Waals surface area contributed by atoms with Gasteiger partial charge in [-0.25, -0.2) is 4.79 Å². The zero-order chi connectivity index (χ0) is 12.6. The Bertz CT molecular complexity index is 192. The Morgan fingerprint density at radius 1 is 1.00 bits per heavy atom. The molecule has 0 saturated heterocycles. The Balaban J connectivity index is 3.73. The molecular formula is C13H26O3. The molecule has 0 N–H and O–H groups in total. The zero-order valence-corrected chi connectivity index (χ0v) is 11.3. The van der Waals surface area contributed by atoms with E-state index in [0.29, 0.717) is 25.0 Å². The molecule has 0 aliphatic rings. The van der Waals surface area contributed by atoms with Gasteiger partial charge in [0.2, 0.25) is 0 Å². The summed E-state index contributed by atoms with van der Waals surface area (Å²) >= 11 is 0. The van der Waals surface area contributed by atoms with Crippen LogP contribution in [0.2, 0.25) is 0 Å². The van der Waals surface area contributed by atoms with E-state index in [9.17, 15) is 4.79 Å².